The summed E-state index contributed by atoms with van der Waals surface area (Å²) in [5.74, 6) is 0.110. The Balaban J connectivity index is 1.87. The molecule has 1 fully saturated rings. The molecule has 2 rings (SSSR count). The van der Waals surface area contributed by atoms with Gasteiger partial charge in [-0.05, 0) is 32.6 Å². The van der Waals surface area contributed by atoms with Crippen molar-refractivity contribution in [3.8, 4) is 0 Å². The van der Waals surface area contributed by atoms with Crippen LogP contribution >= 0.6 is 0 Å². The Morgan fingerprint density at radius 1 is 1.61 bits per heavy atom. The van der Waals surface area contributed by atoms with Crippen LogP contribution in [0.1, 0.15) is 31.9 Å². The fourth-order valence-corrected chi connectivity index (χ4v) is 2.04. The van der Waals surface area contributed by atoms with E-state index in [1.54, 1.807) is 10.9 Å². The first kappa shape index (κ1) is 13.0. The fourth-order valence-electron chi connectivity index (χ4n) is 2.04. The van der Waals surface area contributed by atoms with Crippen LogP contribution in [0, 0.1) is 0 Å². The molecule has 6 nitrogen and oxygen atoms in total. The van der Waals surface area contributed by atoms with Gasteiger partial charge >= 0.3 is 0 Å². The molecule has 0 unspecified atom stereocenters. The van der Waals surface area contributed by atoms with E-state index in [4.69, 9.17) is 5.11 Å². The van der Waals surface area contributed by atoms with E-state index in [0.29, 0.717) is 18.9 Å². The van der Waals surface area contributed by atoms with E-state index in [-0.39, 0.29) is 19.1 Å². The largest absolute Gasteiger partial charge is 0.396 e. The Hall–Kier alpha value is -1.43. The predicted molar refractivity (Wildman–Crippen MR) is 65.8 cm³/mol. The van der Waals surface area contributed by atoms with Gasteiger partial charge in [-0.1, -0.05) is 5.21 Å². The molecule has 18 heavy (non-hydrogen) atoms. The van der Waals surface area contributed by atoms with E-state index in [0.717, 1.165) is 25.1 Å². The van der Waals surface area contributed by atoms with Crippen LogP contribution in [-0.4, -0.2) is 50.1 Å². The van der Waals surface area contributed by atoms with E-state index >= 15 is 0 Å². The zero-order chi connectivity index (χ0) is 13.0. The second kappa shape index (κ2) is 5.95. The number of nitrogens with zero attached hydrogens (tertiary/aromatic N) is 4. The van der Waals surface area contributed by atoms with Gasteiger partial charge in [0, 0.05) is 25.4 Å². The smallest absolute Gasteiger partial charge is 0.244 e. The summed E-state index contributed by atoms with van der Waals surface area (Å²) in [5.41, 5.74) is 0.825. The maximum atomic E-state index is 12.0. The number of carbonyl (C=O) groups excluding carboxylic acids is 1. The fraction of sp³-hybridized carbons (Fsp3) is 0.750. The Morgan fingerprint density at radius 2 is 2.39 bits per heavy atom. The number of rotatable bonds is 7. The average Bonchev–Trinajstić information content (AvgIpc) is 3.08. The zero-order valence-electron chi connectivity index (χ0n) is 10.7. The third-order valence-corrected chi connectivity index (χ3v) is 3.12. The van der Waals surface area contributed by atoms with Gasteiger partial charge in [-0.15, -0.1) is 5.10 Å². The number of aryl methyl sites for hydroxylation is 1. The number of amides is 1. The first-order valence-electron chi connectivity index (χ1n) is 6.54. The Morgan fingerprint density at radius 3 is 3.00 bits per heavy atom. The van der Waals surface area contributed by atoms with Crippen molar-refractivity contribution in [3.05, 3.63) is 11.9 Å². The number of aliphatic hydroxyl groups excluding tert-OH is 1. The van der Waals surface area contributed by atoms with Gasteiger partial charge in [0.05, 0.1) is 5.69 Å². The summed E-state index contributed by atoms with van der Waals surface area (Å²) in [6.45, 7) is 3.17. The summed E-state index contributed by atoms with van der Waals surface area (Å²) in [4.78, 5) is 14.0. The van der Waals surface area contributed by atoms with Gasteiger partial charge in [0.15, 0.2) is 0 Å². The van der Waals surface area contributed by atoms with Crippen LogP contribution in [-0.2, 0) is 17.8 Å². The first-order valence-corrected chi connectivity index (χ1v) is 6.54. The monoisotopic (exact) mass is 252 g/mol. The van der Waals surface area contributed by atoms with Gasteiger partial charge in [-0.25, -0.2) is 4.68 Å². The minimum atomic E-state index is 0.110. The zero-order valence-corrected chi connectivity index (χ0v) is 10.7. The molecule has 0 bridgehead atoms. The lowest BCUT2D eigenvalue weighted by Crippen LogP contribution is -2.35. The van der Waals surface area contributed by atoms with Crippen molar-refractivity contribution in [2.24, 2.45) is 0 Å². The van der Waals surface area contributed by atoms with E-state index in [2.05, 4.69) is 10.3 Å². The van der Waals surface area contributed by atoms with Crippen LogP contribution in [0.2, 0.25) is 0 Å². The molecule has 0 radical (unpaired) electrons. The van der Waals surface area contributed by atoms with Crippen molar-refractivity contribution in [1.82, 2.24) is 19.9 Å². The predicted octanol–water partition coefficient (Wildman–Crippen LogP) is 0.214. The summed E-state index contributed by atoms with van der Waals surface area (Å²) in [6, 6.07) is 0.444. The lowest BCUT2D eigenvalue weighted by molar-refractivity contribution is -0.132. The van der Waals surface area contributed by atoms with E-state index in [9.17, 15) is 4.79 Å². The maximum absolute atomic E-state index is 12.0. The molecule has 0 saturated heterocycles. The van der Waals surface area contributed by atoms with E-state index < -0.39 is 0 Å². The van der Waals surface area contributed by atoms with Gasteiger partial charge in [-0.2, -0.15) is 0 Å². The molecule has 1 aromatic rings. The Labute approximate surface area is 107 Å². The highest BCUT2D eigenvalue weighted by atomic mass is 16.2. The summed E-state index contributed by atoms with van der Waals surface area (Å²) >= 11 is 0. The molecule has 100 valence electrons. The third-order valence-electron chi connectivity index (χ3n) is 3.12. The van der Waals surface area contributed by atoms with E-state index in [1.165, 1.54) is 0 Å². The van der Waals surface area contributed by atoms with Gasteiger partial charge in [0.25, 0.3) is 0 Å². The van der Waals surface area contributed by atoms with Crippen LogP contribution in [0.3, 0.4) is 0 Å². The van der Waals surface area contributed by atoms with Gasteiger partial charge in [0.2, 0.25) is 5.91 Å². The maximum Gasteiger partial charge on any atom is 0.244 e. The van der Waals surface area contributed by atoms with E-state index in [1.807, 2.05) is 11.8 Å². The van der Waals surface area contributed by atoms with Crippen molar-refractivity contribution >= 4 is 5.91 Å². The molecule has 0 aliphatic heterocycles. The molecule has 6 heteroatoms. The molecule has 1 aliphatic carbocycles. The minimum Gasteiger partial charge on any atom is -0.396 e. The first-order chi connectivity index (χ1) is 8.74. The Kier molecular flexibility index (Phi) is 4.30. The lowest BCUT2D eigenvalue weighted by atomic mass is 10.3. The molecule has 1 heterocycles. The van der Waals surface area contributed by atoms with Crippen molar-refractivity contribution in [2.45, 2.75) is 45.2 Å². The molecule has 1 N–H and O–H groups in total. The van der Waals surface area contributed by atoms with Gasteiger partial charge in [0.1, 0.15) is 6.54 Å². The highest BCUT2D eigenvalue weighted by molar-refractivity contribution is 5.76. The molecule has 0 aromatic carbocycles. The quantitative estimate of drug-likeness (QED) is 0.753. The highest BCUT2D eigenvalue weighted by Gasteiger charge is 2.31. The van der Waals surface area contributed by atoms with Crippen molar-refractivity contribution in [3.63, 3.8) is 0 Å². The van der Waals surface area contributed by atoms with Crippen LogP contribution in [0.15, 0.2) is 6.20 Å². The minimum absolute atomic E-state index is 0.110. The molecule has 1 aromatic heterocycles. The van der Waals surface area contributed by atoms with Crippen LogP contribution < -0.4 is 0 Å². The molecular weight excluding hydrogens is 232 g/mol. The average molecular weight is 252 g/mol. The third kappa shape index (κ3) is 3.29. The Bertz CT molecular complexity index is 401. The second-order valence-electron chi connectivity index (χ2n) is 4.65. The van der Waals surface area contributed by atoms with Crippen LogP contribution in [0.5, 0.6) is 0 Å². The molecule has 0 spiro atoms. The molecule has 0 atom stereocenters. The molecule has 1 saturated carbocycles. The highest BCUT2D eigenvalue weighted by Crippen LogP contribution is 2.26. The van der Waals surface area contributed by atoms with Crippen molar-refractivity contribution in [1.29, 1.82) is 0 Å². The van der Waals surface area contributed by atoms with Crippen molar-refractivity contribution < 1.29 is 9.90 Å². The molecule has 1 amide bonds. The second-order valence-corrected chi connectivity index (χ2v) is 4.65. The molecule has 1 aliphatic rings. The lowest BCUT2D eigenvalue weighted by Gasteiger charge is -2.19. The topological polar surface area (TPSA) is 71.2 Å². The van der Waals surface area contributed by atoms with Gasteiger partial charge < -0.3 is 10.0 Å². The van der Waals surface area contributed by atoms with Gasteiger partial charge in [-0.3, -0.25) is 4.79 Å². The SMILES string of the molecule is CCN(C(=O)Cn1cc(CCCO)nn1)C1CC1. The normalized spacial score (nSPS) is 14.8. The number of hydrogen-bond donors (Lipinski definition) is 1. The number of aliphatic hydroxyl groups is 1. The van der Waals surface area contributed by atoms with Crippen molar-refractivity contribution in [2.75, 3.05) is 13.2 Å². The summed E-state index contributed by atoms with van der Waals surface area (Å²) in [7, 11) is 0. The van der Waals surface area contributed by atoms with Crippen LogP contribution in [0.4, 0.5) is 0 Å². The standard InChI is InChI=1S/C12H20N4O2/c1-2-16(11-5-6-11)12(18)9-15-8-10(13-14-15)4-3-7-17/h8,11,17H,2-7,9H2,1H3. The summed E-state index contributed by atoms with van der Waals surface area (Å²) in [6.07, 6.45) is 5.41. The molecular formula is C12H20N4O2. The summed E-state index contributed by atoms with van der Waals surface area (Å²) < 4.78 is 1.58. The number of hydrogen-bond acceptors (Lipinski definition) is 4. The number of aromatic nitrogens is 3. The number of carbonyl (C=O) groups is 1. The summed E-state index contributed by atoms with van der Waals surface area (Å²) in [5, 5.41) is 16.7. The number of likely N-dealkylation sites (N-methyl/N-ethyl adjacent to an activating group) is 1. The van der Waals surface area contributed by atoms with Crippen LogP contribution in [0.25, 0.3) is 0 Å².